The lowest BCUT2D eigenvalue weighted by Gasteiger charge is -2.18. The summed E-state index contributed by atoms with van der Waals surface area (Å²) in [6.45, 7) is 5.85. The molecule has 1 heterocycles. The van der Waals surface area contributed by atoms with Gasteiger partial charge in [0.15, 0.2) is 0 Å². The zero-order valence-corrected chi connectivity index (χ0v) is 10.5. The molecule has 0 aliphatic heterocycles. The van der Waals surface area contributed by atoms with Crippen LogP contribution in [0.25, 0.3) is 0 Å². The monoisotopic (exact) mass is 241 g/mol. The Bertz CT molecular complexity index is 391. The van der Waals surface area contributed by atoms with E-state index in [1.165, 1.54) is 0 Å². The summed E-state index contributed by atoms with van der Waals surface area (Å²) in [6, 6.07) is 3.73. The van der Waals surface area contributed by atoms with Gasteiger partial charge in [-0.1, -0.05) is 31.5 Å². The first-order valence-electron chi connectivity index (χ1n) is 5.26. The summed E-state index contributed by atoms with van der Waals surface area (Å²) < 4.78 is 0. The number of hydrogen-bond acceptors (Lipinski definition) is 2. The number of hydrogen-bond donors (Lipinski definition) is 1. The molecule has 0 aromatic carbocycles. The van der Waals surface area contributed by atoms with E-state index in [4.69, 9.17) is 16.7 Å². The van der Waals surface area contributed by atoms with Gasteiger partial charge in [0, 0.05) is 11.6 Å². The molecule has 0 radical (unpaired) electrons. The van der Waals surface area contributed by atoms with Crippen LogP contribution in [0.2, 0.25) is 5.15 Å². The van der Waals surface area contributed by atoms with Crippen molar-refractivity contribution in [1.82, 2.24) is 4.98 Å². The summed E-state index contributed by atoms with van der Waals surface area (Å²) in [5.74, 6) is -0.671. The summed E-state index contributed by atoms with van der Waals surface area (Å²) in [5.41, 5.74) is 1.66. The summed E-state index contributed by atoms with van der Waals surface area (Å²) in [5, 5.41) is 9.31. The zero-order chi connectivity index (χ0) is 12.3. The number of nitrogens with zero attached hydrogens (tertiary/aromatic N) is 1. The van der Waals surface area contributed by atoms with Gasteiger partial charge < -0.3 is 5.11 Å². The minimum atomic E-state index is -0.808. The molecule has 1 rings (SSSR count). The van der Waals surface area contributed by atoms with Gasteiger partial charge >= 0.3 is 5.97 Å². The van der Waals surface area contributed by atoms with Crippen LogP contribution in [0.3, 0.4) is 0 Å². The fourth-order valence-electron chi connectivity index (χ4n) is 1.59. The quantitative estimate of drug-likeness (QED) is 0.824. The fourth-order valence-corrected chi connectivity index (χ4v) is 1.75. The van der Waals surface area contributed by atoms with E-state index in [-0.39, 0.29) is 18.3 Å². The SMILES string of the molecule is Cc1ccc(C(CC(=O)O)C(C)C)nc1Cl. The molecule has 1 N–H and O–H groups in total. The molecule has 0 fully saturated rings. The van der Waals surface area contributed by atoms with Crippen molar-refractivity contribution in [2.24, 2.45) is 5.92 Å². The van der Waals surface area contributed by atoms with Crippen LogP contribution in [0.5, 0.6) is 0 Å². The summed E-state index contributed by atoms with van der Waals surface area (Å²) in [4.78, 5) is 15.0. The smallest absolute Gasteiger partial charge is 0.304 e. The van der Waals surface area contributed by atoms with Crippen molar-refractivity contribution in [2.75, 3.05) is 0 Å². The van der Waals surface area contributed by atoms with E-state index in [1.807, 2.05) is 32.9 Å². The van der Waals surface area contributed by atoms with Crippen LogP contribution in [0.1, 0.15) is 37.4 Å². The number of aliphatic carboxylic acids is 1. The first-order valence-corrected chi connectivity index (χ1v) is 5.64. The van der Waals surface area contributed by atoms with Crippen LogP contribution in [0, 0.1) is 12.8 Å². The van der Waals surface area contributed by atoms with E-state index in [0.29, 0.717) is 5.15 Å². The van der Waals surface area contributed by atoms with Crippen molar-refractivity contribution in [3.63, 3.8) is 0 Å². The molecule has 1 aromatic heterocycles. The molecule has 0 spiro atoms. The number of aromatic nitrogens is 1. The maximum Gasteiger partial charge on any atom is 0.304 e. The summed E-state index contributed by atoms with van der Waals surface area (Å²) in [7, 11) is 0. The largest absolute Gasteiger partial charge is 0.481 e. The zero-order valence-electron chi connectivity index (χ0n) is 9.70. The molecule has 1 atom stereocenters. The van der Waals surface area contributed by atoms with Gasteiger partial charge in [-0.25, -0.2) is 4.98 Å². The highest BCUT2D eigenvalue weighted by Crippen LogP contribution is 2.28. The molecule has 0 bridgehead atoms. The van der Waals surface area contributed by atoms with Gasteiger partial charge in [0.2, 0.25) is 0 Å². The van der Waals surface area contributed by atoms with E-state index in [0.717, 1.165) is 11.3 Å². The molecular weight excluding hydrogens is 226 g/mol. The molecule has 88 valence electrons. The second-order valence-corrected chi connectivity index (χ2v) is 4.65. The first-order chi connectivity index (χ1) is 7.41. The molecule has 0 saturated heterocycles. The second kappa shape index (κ2) is 5.30. The molecule has 0 amide bonds. The van der Waals surface area contributed by atoms with Gasteiger partial charge in [-0.2, -0.15) is 0 Å². The molecule has 0 saturated carbocycles. The maximum absolute atomic E-state index is 10.8. The van der Waals surface area contributed by atoms with Gasteiger partial charge in [0.25, 0.3) is 0 Å². The molecule has 1 unspecified atom stereocenters. The lowest BCUT2D eigenvalue weighted by molar-refractivity contribution is -0.137. The minimum absolute atomic E-state index is 0.0874. The highest BCUT2D eigenvalue weighted by atomic mass is 35.5. The lowest BCUT2D eigenvalue weighted by atomic mass is 9.89. The third-order valence-electron chi connectivity index (χ3n) is 2.64. The first kappa shape index (κ1) is 13.0. The van der Waals surface area contributed by atoms with Gasteiger partial charge in [0.1, 0.15) is 5.15 Å². The Balaban J connectivity index is 3.01. The van der Waals surface area contributed by atoms with Crippen LogP contribution in [-0.4, -0.2) is 16.1 Å². The Morgan fingerprint density at radius 2 is 2.12 bits per heavy atom. The standard InChI is InChI=1S/C12H16ClNO2/c1-7(2)9(6-11(15)16)10-5-4-8(3)12(13)14-10/h4-5,7,9H,6H2,1-3H3,(H,15,16). The predicted octanol–water partition coefficient (Wildman–Crippen LogP) is 3.26. The number of rotatable bonds is 4. The fraction of sp³-hybridized carbons (Fsp3) is 0.500. The molecule has 4 heteroatoms. The highest BCUT2D eigenvalue weighted by molar-refractivity contribution is 6.30. The summed E-state index contributed by atoms with van der Waals surface area (Å²) in [6.07, 6.45) is 0.0874. The number of carboxylic acid groups (broad SMARTS) is 1. The van der Waals surface area contributed by atoms with Crippen molar-refractivity contribution in [3.05, 3.63) is 28.5 Å². The second-order valence-electron chi connectivity index (χ2n) is 4.29. The maximum atomic E-state index is 10.8. The Morgan fingerprint density at radius 3 is 2.56 bits per heavy atom. The van der Waals surface area contributed by atoms with Crippen LogP contribution < -0.4 is 0 Å². The average molecular weight is 242 g/mol. The molecular formula is C12H16ClNO2. The van der Waals surface area contributed by atoms with Crippen molar-refractivity contribution < 1.29 is 9.90 Å². The van der Waals surface area contributed by atoms with Crippen molar-refractivity contribution >= 4 is 17.6 Å². The van der Waals surface area contributed by atoms with Gasteiger partial charge in [-0.3, -0.25) is 4.79 Å². The van der Waals surface area contributed by atoms with E-state index in [1.54, 1.807) is 0 Å². The number of carbonyl (C=O) groups is 1. The normalized spacial score (nSPS) is 12.8. The van der Waals surface area contributed by atoms with Gasteiger partial charge in [-0.15, -0.1) is 0 Å². The van der Waals surface area contributed by atoms with Crippen molar-refractivity contribution in [1.29, 1.82) is 0 Å². The molecule has 1 aromatic rings. The third-order valence-corrected chi connectivity index (χ3v) is 3.02. The van der Waals surface area contributed by atoms with Crippen molar-refractivity contribution in [2.45, 2.75) is 33.1 Å². The Morgan fingerprint density at radius 1 is 1.50 bits per heavy atom. The number of halogens is 1. The number of aryl methyl sites for hydroxylation is 1. The molecule has 0 aliphatic carbocycles. The number of pyridine rings is 1. The Labute approximate surface area is 100 Å². The highest BCUT2D eigenvalue weighted by Gasteiger charge is 2.21. The van der Waals surface area contributed by atoms with E-state index in [2.05, 4.69) is 4.98 Å². The average Bonchev–Trinajstić information content (AvgIpc) is 2.18. The molecule has 0 aliphatic rings. The van der Waals surface area contributed by atoms with Crippen molar-refractivity contribution in [3.8, 4) is 0 Å². The lowest BCUT2D eigenvalue weighted by Crippen LogP contribution is -2.13. The number of carboxylic acids is 1. The van der Waals surface area contributed by atoms with Crippen LogP contribution in [0.15, 0.2) is 12.1 Å². The van der Waals surface area contributed by atoms with Crippen LogP contribution in [0.4, 0.5) is 0 Å². The van der Waals surface area contributed by atoms with Gasteiger partial charge in [-0.05, 0) is 24.5 Å². The van der Waals surface area contributed by atoms with Crippen LogP contribution in [-0.2, 0) is 4.79 Å². The van der Waals surface area contributed by atoms with E-state index in [9.17, 15) is 4.79 Å². The molecule has 16 heavy (non-hydrogen) atoms. The Kier molecular flexibility index (Phi) is 4.30. The van der Waals surface area contributed by atoms with Gasteiger partial charge in [0.05, 0.1) is 6.42 Å². The third kappa shape index (κ3) is 3.20. The van der Waals surface area contributed by atoms with E-state index < -0.39 is 5.97 Å². The topological polar surface area (TPSA) is 50.2 Å². The molecule has 3 nitrogen and oxygen atoms in total. The predicted molar refractivity (Wildman–Crippen MR) is 63.8 cm³/mol. The van der Waals surface area contributed by atoms with E-state index >= 15 is 0 Å². The summed E-state index contributed by atoms with van der Waals surface area (Å²) >= 11 is 5.94. The minimum Gasteiger partial charge on any atom is -0.481 e. The van der Waals surface area contributed by atoms with Crippen LogP contribution >= 0.6 is 11.6 Å². The Hall–Kier alpha value is -1.09.